The zero-order valence-electron chi connectivity index (χ0n) is 12.0. The summed E-state index contributed by atoms with van der Waals surface area (Å²) in [6, 6.07) is 9.07. The minimum Gasteiger partial charge on any atom is -0.296 e. The molecule has 0 radical (unpaired) electrons. The van der Waals surface area contributed by atoms with Crippen LogP contribution in [0.5, 0.6) is 0 Å². The number of amides is 1. The van der Waals surface area contributed by atoms with E-state index in [2.05, 4.69) is 20.3 Å². The first-order valence-corrected chi connectivity index (χ1v) is 7.70. The van der Waals surface area contributed by atoms with E-state index in [-0.39, 0.29) is 16.3 Å². The Bertz CT molecular complexity index is 1100. The topological polar surface area (TPSA) is 67.8 Å². The quantitative estimate of drug-likeness (QED) is 0.602. The first-order valence-electron chi connectivity index (χ1n) is 6.89. The number of thiazole rings is 1. The first kappa shape index (κ1) is 14.6. The molecule has 0 aliphatic rings. The maximum absolute atomic E-state index is 13.7. The van der Waals surface area contributed by atoms with Crippen LogP contribution < -0.4 is 5.32 Å². The van der Waals surface area contributed by atoms with Gasteiger partial charge in [-0.25, -0.2) is 18.7 Å². The molecule has 8 heteroatoms. The normalized spacial score (nSPS) is 11.1. The van der Waals surface area contributed by atoms with Crippen LogP contribution in [-0.4, -0.2) is 20.9 Å². The van der Waals surface area contributed by atoms with E-state index in [4.69, 9.17) is 0 Å². The highest BCUT2D eigenvalue weighted by Crippen LogP contribution is 2.28. The Hall–Kier alpha value is -3.00. The van der Waals surface area contributed by atoms with Crippen molar-refractivity contribution in [2.45, 2.75) is 0 Å². The molecule has 0 atom stereocenters. The summed E-state index contributed by atoms with van der Waals surface area (Å²) in [6.45, 7) is 0. The number of aromatic nitrogens is 3. The second kappa shape index (κ2) is 5.57. The van der Waals surface area contributed by atoms with Gasteiger partial charge in [-0.15, -0.1) is 0 Å². The summed E-state index contributed by atoms with van der Waals surface area (Å²) in [5.41, 5.74) is 1.38. The fourth-order valence-corrected chi connectivity index (χ4v) is 3.14. The lowest BCUT2D eigenvalue weighted by Gasteiger charge is -2.02. The summed E-state index contributed by atoms with van der Waals surface area (Å²) in [5, 5.41) is 2.70. The van der Waals surface area contributed by atoms with E-state index in [1.165, 1.54) is 12.3 Å². The van der Waals surface area contributed by atoms with Crippen LogP contribution in [0.15, 0.2) is 42.6 Å². The lowest BCUT2D eigenvalue weighted by Crippen LogP contribution is -2.14. The van der Waals surface area contributed by atoms with Crippen molar-refractivity contribution in [1.82, 2.24) is 15.0 Å². The number of hydrogen-bond donors (Lipinski definition) is 1. The predicted octanol–water partition coefficient (Wildman–Crippen LogP) is 3.77. The van der Waals surface area contributed by atoms with Crippen molar-refractivity contribution in [2.24, 2.45) is 0 Å². The van der Waals surface area contributed by atoms with E-state index in [9.17, 15) is 13.6 Å². The lowest BCUT2D eigenvalue weighted by molar-refractivity contribution is 0.102. The highest BCUT2D eigenvalue weighted by molar-refractivity contribution is 7.22. The van der Waals surface area contributed by atoms with E-state index in [0.717, 1.165) is 17.4 Å². The summed E-state index contributed by atoms with van der Waals surface area (Å²) in [4.78, 5) is 24.6. The molecule has 24 heavy (non-hydrogen) atoms. The number of fused-ring (bicyclic) bond motifs is 2. The minimum absolute atomic E-state index is 0.0151. The Labute approximate surface area is 138 Å². The van der Waals surface area contributed by atoms with Crippen LogP contribution in [0.4, 0.5) is 13.9 Å². The molecular weight excluding hydrogens is 334 g/mol. The molecular formula is C16H8F2N4OS. The van der Waals surface area contributed by atoms with Gasteiger partial charge in [0, 0.05) is 6.07 Å². The standard InChI is InChI=1S/C16H8F2N4OS/c17-8-5-9(18)14-13(6-8)24-16(21-14)22-15(23)12-7-19-10-3-1-2-4-11(10)20-12/h1-7H,(H,21,22,23). The maximum Gasteiger partial charge on any atom is 0.277 e. The molecule has 1 N–H and O–H groups in total. The molecule has 0 spiro atoms. The maximum atomic E-state index is 13.7. The third kappa shape index (κ3) is 2.56. The number of para-hydroxylation sites is 2. The van der Waals surface area contributed by atoms with Crippen LogP contribution in [0, 0.1) is 11.6 Å². The molecule has 0 fully saturated rings. The van der Waals surface area contributed by atoms with Gasteiger partial charge < -0.3 is 0 Å². The van der Waals surface area contributed by atoms with Crippen molar-refractivity contribution < 1.29 is 13.6 Å². The van der Waals surface area contributed by atoms with Crippen LogP contribution in [0.25, 0.3) is 21.3 Å². The van der Waals surface area contributed by atoms with Crippen molar-refractivity contribution in [3.8, 4) is 0 Å². The average Bonchev–Trinajstić information content (AvgIpc) is 2.97. The molecule has 0 unspecified atom stereocenters. The monoisotopic (exact) mass is 342 g/mol. The van der Waals surface area contributed by atoms with Crippen LogP contribution in [0.1, 0.15) is 10.5 Å². The largest absolute Gasteiger partial charge is 0.296 e. The SMILES string of the molecule is O=C(Nc1nc2c(F)cc(F)cc2s1)c1cnc2ccccc2n1. The Morgan fingerprint density at radius 3 is 2.71 bits per heavy atom. The lowest BCUT2D eigenvalue weighted by atomic mass is 10.3. The number of anilines is 1. The number of nitrogens with zero attached hydrogens (tertiary/aromatic N) is 3. The van der Waals surface area contributed by atoms with E-state index >= 15 is 0 Å². The first-order chi connectivity index (χ1) is 11.6. The van der Waals surface area contributed by atoms with Crippen molar-refractivity contribution in [3.05, 3.63) is 59.9 Å². The van der Waals surface area contributed by atoms with E-state index in [1.807, 2.05) is 6.07 Å². The summed E-state index contributed by atoms with van der Waals surface area (Å²) in [6.07, 6.45) is 1.35. The van der Waals surface area contributed by atoms with Crippen LogP contribution in [0.3, 0.4) is 0 Å². The number of benzene rings is 2. The van der Waals surface area contributed by atoms with E-state index in [1.54, 1.807) is 18.2 Å². The van der Waals surface area contributed by atoms with Gasteiger partial charge in [-0.2, -0.15) is 0 Å². The number of hydrogen-bond acceptors (Lipinski definition) is 5. The van der Waals surface area contributed by atoms with Gasteiger partial charge in [-0.05, 0) is 18.2 Å². The zero-order valence-corrected chi connectivity index (χ0v) is 12.8. The van der Waals surface area contributed by atoms with Gasteiger partial charge in [0.2, 0.25) is 0 Å². The molecule has 4 aromatic rings. The Balaban J connectivity index is 1.66. The number of carbonyl (C=O) groups is 1. The highest BCUT2D eigenvalue weighted by Gasteiger charge is 2.15. The summed E-state index contributed by atoms with van der Waals surface area (Å²) >= 11 is 0.981. The van der Waals surface area contributed by atoms with Gasteiger partial charge >= 0.3 is 0 Å². The van der Waals surface area contributed by atoms with Gasteiger partial charge in [-0.3, -0.25) is 15.1 Å². The summed E-state index contributed by atoms with van der Waals surface area (Å²) < 4.78 is 27.2. The van der Waals surface area contributed by atoms with Crippen molar-refractivity contribution in [2.75, 3.05) is 5.32 Å². The molecule has 0 aliphatic carbocycles. The van der Waals surface area contributed by atoms with Crippen LogP contribution >= 0.6 is 11.3 Å². The van der Waals surface area contributed by atoms with Crippen molar-refractivity contribution >= 4 is 43.6 Å². The second-order valence-corrected chi connectivity index (χ2v) is 5.98. The fourth-order valence-electron chi connectivity index (χ4n) is 2.24. The number of rotatable bonds is 2. The molecule has 2 aromatic carbocycles. The molecule has 0 saturated carbocycles. The number of nitrogens with one attached hydrogen (secondary N) is 1. The predicted molar refractivity (Wildman–Crippen MR) is 87.0 cm³/mol. The Morgan fingerprint density at radius 1 is 1.08 bits per heavy atom. The molecule has 2 aromatic heterocycles. The summed E-state index contributed by atoms with van der Waals surface area (Å²) in [5.74, 6) is -1.98. The molecule has 0 saturated heterocycles. The molecule has 0 aliphatic heterocycles. The van der Waals surface area contributed by atoms with Gasteiger partial charge in [0.05, 0.1) is 21.9 Å². The van der Waals surface area contributed by atoms with E-state index < -0.39 is 17.5 Å². The fraction of sp³-hybridized carbons (Fsp3) is 0. The average molecular weight is 342 g/mol. The van der Waals surface area contributed by atoms with Crippen LogP contribution in [-0.2, 0) is 0 Å². The number of halogens is 2. The molecule has 1 amide bonds. The summed E-state index contributed by atoms with van der Waals surface area (Å²) in [7, 11) is 0. The second-order valence-electron chi connectivity index (χ2n) is 4.95. The van der Waals surface area contributed by atoms with Crippen LogP contribution in [0.2, 0.25) is 0 Å². The van der Waals surface area contributed by atoms with Gasteiger partial charge in [0.25, 0.3) is 5.91 Å². The van der Waals surface area contributed by atoms with E-state index in [0.29, 0.717) is 15.7 Å². The smallest absolute Gasteiger partial charge is 0.277 e. The van der Waals surface area contributed by atoms with Crippen molar-refractivity contribution in [3.63, 3.8) is 0 Å². The molecule has 0 bridgehead atoms. The minimum atomic E-state index is -0.771. The molecule has 2 heterocycles. The third-order valence-corrected chi connectivity index (χ3v) is 4.23. The highest BCUT2D eigenvalue weighted by atomic mass is 32.1. The van der Waals surface area contributed by atoms with Gasteiger partial charge in [0.15, 0.2) is 10.9 Å². The Morgan fingerprint density at radius 2 is 1.88 bits per heavy atom. The molecule has 4 rings (SSSR count). The third-order valence-electron chi connectivity index (χ3n) is 3.31. The number of carbonyl (C=O) groups excluding carboxylic acids is 1. The van der Waals surface area contributed by atoms with Gasteiger partial charge in [0.1, 0.15) is 17.0 Å². The Kier molecular flexibility index (Phi) is 3.39. The van der Waals surface area contributed by atoms with Crippen molar-refractivity contribution in [1.29, 1.82) is 0 Å². The zero-order chi connectivity index (χ0) is 16.7. The molecule has 118 valence electrons. The van der Waals surface area contributed by atoms with Gasteiger partial charge in [-0.1, -0.05) is 23.5 Å². The molecule has 5 nitrogen and oxygen atoms in total.